The van der Waals surface area contributed by atoms with Crippen LogP contribution >= 0.6 is 11.8 Å². The molecule has 0 amide bonds. The maximum Gasteiger partial charge on any atom is 0.122 e. The summed E-state index contributed by atoms with van der Waals surface area (Å²) in [6, 6.07) is 6.98. The van der Waals surface area contributed by atoms with Crippen LogP contribution in [0.25, 0.3) is 0 Å². The first-order valence-corrected chi connectivity index (χ1v) is 8.31. The van der Waals surface area contributed by atoms with E-state index in [0.717, 1.165) is 25.3 Å². The Bertz CT molecular complexity index is 430. The fourth-order valence-electron chi connectivity index (χ4n) is 2.99. The smallest absolute Gasteiger partial charge is 0.122 e. The van der Waals surface area contributed by atoms with Gasteiger partial charge in [-0.05, 0) is 35.9 Å². The van der Waals surface area contributed by atoms with Gasteiger partial charge in [0.1, 0.15) is 5.75 Å². The van der Waals surface area contributed by atoms with E-state index in [-0.39, 0.29) is 0 Å². The predicted octanol–water partition coefficient (Wildman–Crippen LogP) is 2.06. The van der Waals surface area contributed by atoms with Crippen molar-refractivity contribution in [2.75, 3.05) is 37.7 Å². The van der Waals surface area contributed by atoms with Crippen LogP contribution in [0.4, 0.5) is 0 Å². The van der Waals surface area contributed by atoms with Gasteiger partial charge in [-0.2, -0.15) is 11.8 Å². The number of rotatable bonds is 3. The first-order chi connectivity index (χ1) is 9.38. The van der Waals surface area contributed by atoms with Gasteiger partial charge in [-0.15, -0.1) is 0 Å². The summed E-state index contributed by atoms with van der Waals surface area (Å²) in [4.78, 5) is 2.55. The highest BCUT2D eigenvalue weighted by molar-refractivity contribution is 7.99. The van der Waals surface area contributed by atoms with E-state index in [1.807, 2.05) is 0 Å². The quantitative estimate of drug-likeness (QED) is 0.918. The summed E-state index contributed by atoms with van der Waals surface area (Å²) in [5.74, 6) is 3.57. The third-order valence-corrected chi connectivity index (χ3v) is 5.07. The van der Waals surface area contributed by atoms with Gasteiger partial charge < -0.3 is 10.5 Å². The third kappa shape index (κ3) is 2.91. The molecule has 1 atom stereocenters. The normalized spacial score (nSPS) is 21.5. The van der Waals surface area contributed by atoms with Crippen molar-refractivity contribution in [1.29, 1.82) is 0 Å². The lowest BCUT2D eigenvalue weighted by atomic mass is 10.0. The molecule has 1 unspecified atom stereocenters. The Labute approximate surface area is 119 Å². The first kappa shape index (κ1) is 13.3. The van der Waals surface area contributed by atoms with Crippen LogP contribution in [0.1, 0.15) is 23.6 Å². The van der Waals surface area contributed by atoms with Gasteiger partial charge in [0.25, 0.3) is 0 Å². The summed E-state index contributed by atoms with van der Waals surface area (Å²) in [7, 11) is 0. The van der Waals surface area contributed by atoms with Crippen LogP contribution in [-0.4, -0.2) is 42.6 Å². The molecule has 0 aromatic heterocycles. The van der Waals surface area contributed by atoms with Crippen LogP contribution in [0.5, 0.6) is 5.75 Å². The van der Waals surface area contributed by atoms with E-state index in [0.29, 0.717) is 12.6 Å². The van der Waals surface area contributed by atoms with Gasteiger partial charge in [0.15, 0.2) is 0 Å². The number of thioether (sulfide) groups is 1. The van der Waals surface area contributed by atoms with Gasteiger partial charge in [0, 0.05) is 31.3 Å². The Kier molecular flexibility index (Phi) is 4.31. The lowest BCUT2D eigenvalue weighted by Gasteiger charge is -2.30. The number of ether oxygens (including phenoxy) is 1. The van der Waals surface area contributed by atoms with Crippen LogP contribution in [-0.2, 0) is 6.42 Å². The summed E-state index contributed by atoms with van der Waals surface area (Å²) < 4.78 is 5.58. The van der Waals surface area contributed by atoms with Crippen molar-refractivity contribution >= 4 is 11.8 Å². The van der Waals surface area contributed by atoms with Crippen LogP contribution in [0.3, 0.4) is 0 Å². The minimum absolute atomic E-state index is 0.365. The van der Waals surface area contributed by atoms with E-state index in [2.05, 4.69) is 34.9 Å². The van der Waals surface area contributed by atoms with E-state index >= 15 is 0 Å². The molecule has 4 heteroatoms. The number of benzene rings is 1. The Morgan fingerprint density at radius 3 is 3.16 bits per heavy atom. The topological polar surface area (TPSA) is 38.5 Å². The predicted molar refractivity (Wildman–Crippen MR) is 81.0 cm³/mol. The molecule has 1 aromatic rings. The lowest BCUT2D eigenvalue weighted by Crippen LogP contribution is -2.35. The Morgan fingerprint density at radius 1 is 1.32 bits per heavy atom. The molecule has 2 aliphatic heterocycles. The molecule has 2 N–H and O–H groups in total. The highest BCUT2D eigenvalue weighted by atomic mass is 32.2. The Balaban J connectivity index is 1.80. The maximum atomic E-state index is 6.05. The summed E-state index contributed by atoms with van der Waals surface area (Å²) in [6.07, 6.45) is 2.31. The molecule has 1 saturated heterocycles. The van der Waals surface area contributed by atoms with Crippen LogP contribution in [0, 0.1) is 0 Å². The highest BCUT2D eigenvalue weighted by Gasteiger charge is 2.22. The zero-order valence-electron chi connectivity index (χ0n) is 11.3. The number of nitrogens with two attached hydrogens (primary N) is 1. The highest BCUT2D eigenvalue weighted by Crippen LogP contribution is 2.30. The second kappa shape index (κ2) is 6.16. The third-order valence-electron chi connectivity index (χ3n) is 4.02. The van der Waals surface area contributed by atoms with Gasteiger partial charge >= 0.3 is 0 Å². The van der Waals surface area contributed by atoms with E-state index in [4.69, 9.17) is 10.5 Å². The van der Waals surface area contributed by atoms with Crippen LogP contribution < -0.4 is 10.5 Å². The number of hydrogen-bond donors (Lipinski definition) is 1. The molecule has 1 aromatic carbocycles. The van der Waals surface area contributed by atoms with E-state index in [9.17, 15) is 0 Å². The van der Waals surface area contributed by atoms with Gasteiger partial charge in [0.05, 0.1) is 6.61 Å². The Hall–Kier alpha value is -0.710. The molecule has 2 heterocycles. The van der Waals surface area contributed by atoms with Gasteiger partial charge in [0.2, 0.25) is 0 Å². The molecule has 0 radical (unpaired) electrons. The molecule has 3 nitrogen and oxygen atoms in total. The van der Waals surface area contributed by atoms with Crippen molar-refractivity contribution in [2.45, 2.75) is 18.9 Å². The molecule has 2 aliphatic rings. The molecule has 0 bridgehead atoms. The molecule has 104 valence electrons. The van der Waals surface area contributed by atoms with Gasteiger partial charge in [-0.25, -0.2) is 0 Å². The summed E-state index contributed by atoms with van der Waals surface area (Å²) >= 11 is 2.06. The fourth-order valence-corrected chi connectivity index (χ4v) is 3.89. The Morgan fingerprint density at radius 2 is 2.26 bits per heavy atom. The average Bonchev–Trinajstić information content (AvgIpc) is 2.74. The summed E-state index contributed by atoms with van der Waals surface area (Å²) in [5.41, 5.74) is 8.76. The number of nitrogens with zero attached hydrogens (tertiary/aromatic N) is 1. The van der Waals surface area contributed by atoms with Crippen molar-refractivity contribution in [3.8, 4) is 5.75 Å². The minimum Gasteiger partial charge on any atom is -0.493 e. The second-order valence-electron chi connectivity index (χ2n) is 5.22. The molecule has 0 spiro atoms. The van der Waals surface area contributed by atoms with Crippen molar-refractivity contribution in [3.05, 3.63) is 29.3 Å². The van der Waals surface area contributed by atoms with Crippen molar-refractivity contribution in [3.63, 3.8) is 0 Å². The molecule has 1 fully saturated rings. The zero-order chi connectivity index (χ0) is 13.1. The molecular weight excluding hydrogens is 256 g/mol. The van der Waals surface area contributed by atoms with Crippen molar-refractivity contribution < 1.29 is 4.74 Å². The number of hydrogen-bond acceptors (Lipinski definition) is 4. The molecule has 0 saturated carbocycles. The summed E-state index contributed by atoms with van der Waals surface area (Å²) in [5, 5.41) is 0. The zero-order valence-corrected chi connectivity index (χ0v) is 12.1. The van der Waals surface area contributed by atoms with Gasteiger partial charge in [-0.3, -0.25) is 4.90 Å². The second-order valence-corrected chi connectivity index (χ2v) is 6.44. The maximum absolute atomic E-state index is 6.05. The molecular formula is C15H22N2OS. The largest absolute Gasteiger partial charge is 0.493 e. The molecule has 3 rings (SSSR count). The van der Waals surface area contributed by atoms with E-state index in [1.165, 1.54) is 35.6 Å². The van der Waals surface area contributed by atoms with Crippen LogP contribution in [0.15, 0.2) is 18.2 Å². The monoisotopic (exact) mass is 278 g/mol. The number of fused-ring (bicyclic) bond motifs is 1. The first-order valence-electron chi connectivity index (χ1n) is 7.16. The average molecular weight is 278 g/mol. The molecule has 19 heavy (non-hydrogen) atoms. The lowest BCUT2D eigenvalue weighted by molar-refractivity contribution is 0.218. The van der Waals surface area contributed by atoms with Crippen molar-refractivity contribution in [2.24, 2.45) is 5.73 Å². The van der Waals surface area contributed by atoms with Crippen molar-refractivity contribution in [1.82, 2.24) is 4.90 Å². The van der Waals surface area contributed by atoms with Crippen LogP contribution in [0.2, 0.25) is 0 Å². The minimum atomic E-state index is 0.365. The standard InChI is InChI=1S/C15H22N2OS/c16-11-14(17-5-1-8-19-9-6-17)12-2-3-15-13(10-12)4-7-18-15/h2-3,10,14H,1,4-9,11,16H2. The van der Waals surface area contributed by atoms with E-state index in [1.54, 1.807) is 0 Å². The summed E-state index contributed by atoms with van der Waals surface area (Å²) in [6.45, 7) is 3.85. The SMILES string of the molecule is NCC(c1ccc2c(c1)CCO2)N1CCCSCC1. The van der Waals surface area contributed by atoms with E-state index < -0.39 is 0 Å². The molecule has 0 aliphatic carbocycles. The van der Waals surface area contributed by atoms with Gasteiger partial charge in [-0.1, -0.05) is 12.1 Å². The fraction of sp³-hybridized carbons (Fsp3) is 0.600.